The molecular formula is C19H22N2O3. The van der Waals surface area contributed by atoms with E-state index in [9.17, 15) is 14.7 Å². The van der Waals surface area contributed by atoms with Crippen molar-refractivity contribution < 1.29 is 14.7 Å². The molecule has 5 heteroatoms. The van der Waals surface area contributed by atoms with Crippen molar-refractivity contribution in [2.75, 3.05) is 0 Å². The number of rotatable bonds is 2. The number of hydrogen-bond donors (Lipinski definition) is 1. The fourth-order valence-corrected chi connectivity index (χ4v) is 4.62. The molecule has 0 bridgehead atoms. The maximum atomic E-state index is 13.3. The second kappa shape index (κ2) is 5.65. The molecule has 1 N–H and O–H groups in total. The van der Waals surface area contributed by atoms with Gasteiger partial charge in [-0.2, -0.15) is 0 Å². The highest BCUT2D eigenvalue weighted by molar-refractivity contribution is 6.08. The normalized spacial score (nSPS) is 26.5. The van der Waals surface area contributed by atoms with Crippen LogP contribution >= 0.6 is 0 Å². The van der Waals surface area contributed by atoms with Crippen LogP contribution in [0.4, 0.5) is 0 Å². The standard InChI is InChI=1S/C19H22N2O3/c1-20-11-14(13-7-3-5-9-16(13)20)18(22)21-15-8-4-2-6-12(15)10-17(21)19(23)24/h3,5,7,9,11-12,15,17H,2,4,6,8,10H2,1H3,(H,23,24). The van der Waals surface area contributed by atoms with Crippen LogP contribution in [0.25, 0.3) is 10.9 Å². The lowest BCUT2D eigenvalue weighted by atomic mass is 9.84. The van der Waals surface area contributed by atoms with Gasteiger partial charge >= 0.3 is 5.97 Å². The van der Waals surface area contributed by atoms with E-state index < -0.39 is 12.0 Å². The number of carbonyl (C=O) groups is 2. The predicted molar refractivity (Wildman–Crippen MR) is 90.9 cm³/mol. The number of amides is 1. The molecule has 126 valence electrons. The van der Waals surface area contributed by atoms with Crippen molar-refractivity contribution in [2.45, 2.75) is 44.2 Å². The molecule has 0 spiro atoms. The van der Waals surface area contributed by atoms with Crippen LogP contribution in [-0.4, -0.2) is 38.5 Å². The van der Waals surface area contributed by atoms with Crippen LogP contribution in [0.15, 0.2) is 30.5 Å². The van der Waals surface area contributed by atoms with Crippen LogP contribution in [0.1, 0.15) is 42.5 Å². The minimum Gasteiger partial charge on any atom is -0.480 e. The fraction of sp³-hybridized carbons (Fsp3) is 0.474. The number of aryl methyl sites for hydroxylation is 1. The van der Waals surface area contributed by atoms with Gasteiger partial charge in [-0.05, 0) is 31.2 Å². The molecule has 1 amide bonds. The molecule has 1 aliphatic heterocycles. The van der Waals surface area contributed by atoms with E-state index in [1.54, 1.807) is 4.90 Å². The van der Waals surface area contributed by atoms with E-state index in [-0.39, 0.29) is 11.9 Å². The lowest BCUT2D eigenvalue weighted by Crippen LogP contribution is -2.46. The third-order valence-electron chi connectivity index (χ3n) is 5.73. The van der Waals surface area contributed by atoms with Gasteiger partial charge in [-0.15, -0.1) is 0 Å². The summed E-state index contributed by atoms with van der Waals surface area (Å²) in [6.07, 6.45) is 6.61. The first-order valence-electron chi connectivity index (χ1n) is 8.67. The van der Waals surface area contributed by atoms with E-state index in [0.29, 0.717) is 17.9 Å². The molecule has 1 saturated heterocycles. The molecule has 1 aliphatic carbocycles. The maximum Gasteiger partial charge on any atom is 0.326 e. The van der Waals surface area contributed by atoms with Crippen molar-refractivity contribution in [3.8, 4) is 0 Å². The van der Waals surface area contributed by atoms with Gasteiger partial charge in [0.05, 0.1) is 5.56 Å². The molecular weight excluding hydrogens is 304 g/mol. The molecule has 2 aliphatic rings. The Balaban J connectivity index is 1.77. The number of fused-ring (bicyclic) bond motifs is 2. The van der Waals surface area contributed by atoms with Crippen LogP contribution in [-0.2, 0) is 11.8 Å². The largest absolute Gasteiger partial charge is 0.480 e. The fourth-order valence-electron chi connectivity index (χ4n) is 4.62. The third-order valence-corrected chi connectivity index (χ3v) is 5.73. The van der Waals surface area contributed by atoms with Gasteiger partial charge in [-0.3, -0.25) is 4.79 Å². The SMILES string of the molecule is Cn1cc(C(=O)N2C(C(=O)O)CC3CCCCC32)c2ccccc21. The third kappa shape index (κ3) is 2.22. The Labute approximate surface area is 140 Å². The number of carbonyl (C=O) groups excluding carboxylic acids is 1. The Morgan fingerprint density at radius 1 is 1.17 bits per heavy atom. The van der Waals surface area contributed by atoms with Crippen molar-refractivity contribution in [1.29, 1.82) is 0 Å². The van der Waals surface area contributed by atoms with Gasteiger partial charge in [0.15, 0.2) is 0 Å². The highest BCUT2D eigenvalue weighted by Crippen LogP contribution is 2.41. The molecule has 1 aromatic heterocycles. The molecule has 1 aromatic carbocycles. The highest BCUT2D eigenvalue weighted by atomic mass is 16.4. The average Bonchev–Trinajstić information content (AvgIpc) is 3.13. The van der Waals surface area contributed by atoms with Gasteiger partial charge in [0.25, 0.3) is 5.91 Å². The smallest absolute Gasteiger partial charge is 0.326 e. The van der Waals surface area contributed by atoms with Crippen molar-refractivity contribution in [3.63, 3.8) is 0 Å². The Hall–Kier alpha value is -2.30. The summed E-state index contributed by atoms with van der Waals surface area (Å²) in [7, 11) is 1.92. The molecule has 2 fully saturated rings. The number of hydrogen-bond acceptors (Lipinski definition) is 2. The number of likely N-dealkylation sites (tertiary alicyclic amines) is 1. The Kier molecular flexibility index (Phi) is 3.59. The predicted octanol–water partition coefficient (Wildman–Crippen LogP) is 3.04. The first kappa shape index (κ1) is 15.2. The van der Waals surface area contributed by atoms with Gasteiger partial charge in [0.1, 0.15) is 6.04 Å². The summed E-state index contributed by atoms with van der Waals surface area (Å²) in [5, 5.41) is 10.5. The molecule has 3 unspecified atom stereocenters. The zero-order valence-electron chi connectivity index (χ0n) is 13.8. The number of para-hydroxylation sites is 1. The minimum absolute atomic E-state index is 0.0753. The van der Waals surface area contributed by atoms with E-state index >= 15 is 0 Å². The minimum atomic E-state index is -0.877. The number of carboxylic acids is 1. The van der Waals surface area contributed by atoms with Crippen molar-refractivity contribution >= 4 is 22.8 Å². The van der Waals surface area contributed by atoms with Gasteiger partial charge < -0.3 is 14.6 Å². The molecule has 2 heterocycles. The molecule has 0 radical (unpaired) electrons. The maximum absolute atomic E-state index is 13.3. The molecule has 2 aromatic rings. The summed E-state index contributed by atoms with van der Waals surface area (Å²) in [6, 6.07) is 7.17. The number of aliphatic carboxylic acids is 1. The van der Waals surface area contributed by atoms with Gasteiger partial charge in [0.2, 0.25) is 0 Å². The summed E-state index contributed by atoms with van der Waals surface area (Å²) >= 11 is 0. The molecule has 3 atom stereocenters. The van der Waals surface area contributed by atoms with E-state index in [0.717, 1.165) is 36.6 Å². The second-order valence-corrected chi connectivity index (χ2v) is 7.08. The van der Waals surface area contributed by atoms with Crippen LogP contribution in [0.3, 0.4) is 0 Å². The van der Waals surface area contributed by atoms with E-state index in [2.05, 4.69) is 0 Å². The summed E-state index contributed by atoms with van der Waals surface area (Å²) in [5.74, 6) is -0.676. The average molecular weight is 326 g/mol. The Morgan fingerprint density at radius 2 is 1.92 bits per heavy atom. The monoisotopic (exact) mass is 326 g/mol. The molecule has 5 nitrogen and oxygen atoms in total. The second-order valence-electron chi connectivity index (χ2n) is 7.08. The van der Waals surface area contributed by atoms with Crippen LogP contribution in [0.2, 0.25) is 0 Å². The summed E-state index contributed by atoms with van der Waals surface area (Å²) in [6.45, 7) is 0. The summed E-state index contributed by atoms with van der Waals surface area (Å²) in [5.41, 5.74) is 1.61. The van der Waals surface area contributed by atoms with Crippen molar-refractivity contribution in [2.24, 2.45) is 13.0 Å². The van der Waals surface area contributed by atoms with Crippen LogP contribution in [0, 0.1) is 5.92 Å². The van der Waals surface area contributed by atoms with Crippen LogP contribution in [0.5, 0.6) is 0 Å². The van der Waals surface area contributed by atoms with Crippen molar-refractivity contribution in [1.82, 2.24) is 9.47 Å². The summed E-state index contributed by atoms with van der Waals surface area (Å²) < 4.78 is 1.94. The number of carboxylic acid groups (broad SMARTS) is 1. The summed E-state index contributed by atoms with van der Waals surface area (Å²) in [4.78, 5) is 26.7. The zero-order chi connectivity index (χ0) is 16.8. The lowest BCUT2D eigenvalue weighted by molar-refractivity contribution is -0.141. The highest BCUT2D eigenvalue weighted by Gasteiger charge is 2.48. The van der Waals surface area contributed by atoms with Gasteiger partial charge in [-0.1, -0.05) is 31.0 Å². The number of nitrogens with zero attached hydrogens (tertiary/aromatic N) is 2. The van der Waals surface area contributed by atoms with Gasteiger partial charge in [-0.25, -0.2) is 4.79 Å². The molecule has 1 saturated carbocycles. The quantitative estimate of drug-likeness (QED) is 0.922. The number of benzene rings is 1. The van der Waals surface area contributed by atoms with E-state index in [1.807, 2.05) is 42.1 Å². The lowest BCUT2D eigenvalue weighted by Gasteiger charge is -2.32. The Morgan fingerprint density at radius 3 is 2.71 bits per heavy atom. The zero-order valence-corrected chi connectivity index (χ0v) is 13.8. The molecule has 4 rings (SSSR count). The first-order valence-corrected chi connectivity index (χ1v) is 8.67. The topological polar surface area (TPSA) is 62.5 Å². The molecule has 24 heavy (non-hydrogen) atoms. The first-order chi connectivity index (χ1) is 11.6. The van der Waals surface area contributed by atoms with E-state index in [1.165, 1.54) is 0 Å². The van der Waals surface area contributed by atoms with E-state index in [4.69, 9.17) is 0 Å². The van der Waals surface area contributed by atoms with Gasteiger partial charge in [0, 0.05) is 30.2 Å². The Bertz CT molecular complexity index is 810. The van der Waals surface area contributed by atoms with Crippen LogP contribution < -0.4 is 0 Å². The van der Waals surface area contributed by atoms with Crippen molar-refractivity contribution in [3.05, 3.63) is 36.0 Å². The number of aromatic nitrogens is 1.